The number of ether oxygens (including phenoxy) is 1. The van der Waals surface area contributed by atoms with Crippen molar-refractivity contribution in [3.63, 3.8) is 0 Å². The second-order valence-corrected chi connectivity index (χ2v) is 4.34. The number of rotatable bonds is 6. The van der Waals surface area contributed by atoms with Gasteiger partial charge in [0, 0.05) is 12.3 Å². The highest BCUT2D eigenvalue weighted by Gasteiger charge is 2.12. The SMILES string of the molecule is CC(C)Oc1ccc([C@H](CN)CC(N)=O)cc1. The second-order valence-electron chi connectivity index (χ2n) is 4.34. The fourth-order valence-corrected chi connectivity index (χ4v) is 1.67. The van der Waals surface area contributed by atoms with Crippen LogP contribution in [-0.4, -0.2) is 18.6 Å². The van der Waals surface area contributed by atoms with Crippen molar-refractivity contribution in [1.82, 2.24) is 0 Å². The van der Waals surface area contributed by atoms with E-state index >= 15 is 0 Å². The monoisotopic (exact) mass is 236 g/mol. The quantitative estimate of drug-likeness (QED) is 0.783. The molecule has 1 aromatic rings. The molecule has 0 saturated carbocycles. The maximum Gasteiger partial charge on any atom is 0.218 e. The number of hydrogen-bond donors (Lipinski definition) is 2. The van der Waals surface area contributed by atoms with Gasteiger partial charge in [-0.1, -0.05) is 12.1 Å². The lowest BCUT2D eigenvalue weighted by Gasteiger charge is -2.15. The fourth-order valence-electron chi connectivity index (χ4n) is 1.67. The fraction of sp³-hybridized carbons (Fsp3) is 0.462. The van der Waals surface area contributed by atoms with Gasteiger partial charge in [-0.05, 0) is 38.1 Å². The highest BCUT2D eigenvalue weighted by atomic mass is 16.5. The average molecular weight is 236 g/mol. The molecule has 0 heterocycles. The molecule has 0 aromatic heterocycles. The molecule has 0 fully saturated rings. The van der Waals surface area contributed by atoms with Crippen LogP contribution in [0.2, 0.25) is 0 Å². The van der Waals surface area contributed by atoms with Crippen LogP contribution in [0.3, 0.4) is 0 Å². The molecule has 0 unspecified atom stereocenters. The topological polar surface area (TPSA) is 78.3 Å². The highest BCUT2D eigenvalue weighted by molar-refractivity contribution is 5.74. The molecule has 1 aromatic carbocycles. The summed E-state index contributed by atoms with van der Waals surface area (Å²) in [6.07, 6.45) is 0.428. The van der Waals surface area contributed by atoms with Crippen LogP contribution in [0.25, 0.3) is 0 Å². The van der Waals surface area contributed by atoms with Crippen LogP contribution >= 0.6 is 0 Å². The summed E-state index contributed by atoms with van der Waals surface area (Å²) >= 11 is 0. The van der Waals surface area contributed by atoms with Crippen molar-refractivity contribution >= 4 is 5.91 Å². The minimum Gasteiger partial charge on any atom is -0.491 e. The number of benzene rings is 1. The van der Waals surface area contributed by atoms with E-state index in [-0.39, 0.29) is 24.3 Å². The van der Waals surface area contributed by atoms with Gasteiger partial charge in [-0.2, -0.15) is 0 Å². The largest absolute Gasteiger partial charge is 0.491 e. The van der Waals surface area contributed by atoms with E-state index in [1.165, 1.54) is 0 Å². The van der Waals surface area contributed by atoms with Crippen molar-refractivity contribution in [1.29, 1.82) is 0 Å². The standard InChI is InChI=1S/C13H20N2O2/c1-9(2)17-12-5-3-10(4-6-12)11(8-14)7-13(15)16/h3-6,9,11H,7-8,14H2,1-2H3,(H2,15,16)/t11-/m0/s1. The van der Waals surface area contributed by atoms with Crippen molar-refractivity contribution in [2.24, 2.45) is 11.5 Å². The molecule has 4 heteroatoms. The Morgan fingerprint density at radius 2 is 1.88 bits per heavy atom. The van der Waals surface area contributed by atoms with Crippen LogP contribution in [0, 0.1) is 0 Å². The zero-order valence-corrected chi connectivity index (χ0v) is 10.3. The molecular formula is C13H20N2O2. The predicted molar refractivity (Wildman–Crippen MR) is 67.8 cm³/mol. The molecular weight excluding hydrogens is 216 g/mol. The number of hydrogen-bond acceptors (Lipinski definition) is 3. The normalized spacial score (nSPS) is 12.5. The molecule has 0 saturated heterocycles. The molecule has 0 aliphatic rings. The number of carbonyl (C=O) groups is 1. The Morgan fingerprint density at radius 1 is 1.29 bits per heavy atom. The van der Waals surface area contributed by atoms with E-state index in [1.807, 2.05) is 38.1 Å². The Morgan fingerprint density at radius 3 is 2.29 bits per heavy atom. The molecule has 0 radical (unpaired) electrons. The first-order valence-corrected chi connectivity index (χ1v) is 5.78. The summed E-state index contributed by atoms with van der Waals surface area (Å²) in [4.78, 5) is 10.9. The van der Waals surface area contributed by atoms with Crippen molar-refractivity contribution in [2.75, 3.05) is 6.54 Å². The molecule has 0 aliphatic heterocycles. The first-order chi connectivity index (χ1) is 8.02. The van der Waals surface area contributed by atoms with Gasteiger partial charge in [-0.3, -0.25) is 4.79 Å². The molecule has 0 aliphatic carbocycles. The summed E-state index contributed by atoms with van der Waals surface area (Å²) in [6.45, 7) is 4.36. The smallest absolute Gasteiger partial charge is 0.218 e. The maximum atomic E-state index is 10.9. The Hall–Kier alpha value is -1.55. The van der Waals surface area contributed by atoms with E-state index in [4.69, 9.17) is 16.2 Å². The van der Waals surface area contributed by atoms with Gasteiger partial charge in [-0.15, -0.1) is 0 Å². The average Bonchev–Trinajstić information content (AvgIpc) is 2.26. The number of amides is 1. The summed E-state index contributed by atoms with van der Waals surface area (Å²) in [7, 11) is 0. The van der Waals surface area contributed by atoms with Gasteiger partial charge in [0.05, 0.1) is 6.10 Å². The molecule has 1 rings (SSSR count). The Bertz CT molecular complexity index is 360. The lowest BCUT2D eigenvalue weighted by Crippen LogP contribution is -2.21. The van der Waals surface area contributed by atoms with Crippen LogP contribution < -0.4 is 16.2 Å². The molecule has 94 valence electrons. The zero-order chi connectivity index (χ0) is 12.8. The summed E-state index contributed by atoms with van der Waals surface area (Å²) in [6, 6.07) is 7.63. The van der Waals surface area contributed by atoms with Gasteiger partial charge >= 0.3 is 0 Å². The summed E-state index contributed by atoms with van der Waals surface area (Å²) < 4.78 is 5.54. The third-order valence-electron chi connectivity index (χ3n) is 2.46. The van der Waals surface area contributed by atoms with E-state index in [0.717, 1.165) is 11.3 Å². The third kappa shape index (κ3) is 4.44. The van der Waals surface area contributed by atoms with Gasteiger partial charge in [0.25, 0.3) is 0 Å². The van der Waals surface area contributed by atoms with Crippen LogP contribution in [0.4, 0.5) is 0 Å². The lowest BCUT2D eigenvalue weighted by atomic mass is 9.95. The van der Waals surface area contributed by atoms with Crippen molar-refractivity contribution in [2.45, 2.75) is 32.3 Å². The van der Waals surface area contributed by atoms with Crippen LogP contribution in [0.15, 0.2) is 24.3 Å². The number of primary amides is 1. The number of carbonyl (C=O) groups excluding carboxylic acids is 1. The van der Waals surface area contributed by atoms with Crippen molar-refractivity contribution in [3.8, 4) is 5.75 Å². The minimum absolute atomic E-state index is 0.0133. The minimum atomic E-state index is -0.331. The van der Waals surface area contributed by atoms with Gasteiger partial charge in [-0.25, -0.2) is 0 Å². The third-order valence-corrected chi connectivity index (χ3v) is 2.46. The molecule has 4 N–H and O–H groups in total. The lowest BCUT2D eigenvalue weighted by molar-refractivity contribution is -0.118. The molecule has 0 spiro atoms. The number of nitrogens with two attached hydrogens (primary N) is 2. The van der Waals surface area contributed by atoms with Gasteiger partial charge in [0.15, 0.2) is 0 Å². The van der Waals surface area contributed by atoms with E-state index in [9.17, 15) is 4.79 Å². The van der Waals surface area contributed by atoms with Crippen LogP contribution in [0.5, 0.6) is 5.75 Å². The molecule has 1 amide bonds. The Balaban J connectivity index is 2.74. The Kier molecular flexibility index (Phi) is 4.97. The van der Waals surface area contributed by atoms with E-state index in [1.54, 1.807) is 0 Å². The zero-order valence-electron chi connectivity index (χ0n) is 10.3. The van der Waals surface area contributed by atoms with Crippen LogP contribution in [-0.2, 0) is 4.79 Å². The van der Waals surface area contributed by atoms with E-state index in [2.05, 4.69) is 0 Å². The van der Waals surface area contributed by atoms with Crippen molar-refractivity contribution < 1.29 is 9.53 Å². The summed E-state index contributed by atoms with van der Waals surface area (Å²) in [5, 5.41) is 0. The maximum absolute atomic E-state index is 10.9. The summed E-state index contributed by atoms with van der Waals surface area (Å²) in [5.74, 6) is 0.474. The first kappa shape index (κ1) is 13.5. The van der Waals surface area contributed by atoms with E-state index in [0.29, 0.717) is 6.54 Å². The molecule has 4 nitrogen and oxygen atoms in total. The second kappa shape index (κ2) is 6.25. The first-order valence-electron chi connectivity index (χ1n) is 5.78. The molecule has 1 atom stereocenters. The van der Waals surface area contributed by atoms with Gasteiger partial charge in [0.2, 0.25) is 5.91 Å². The predicted octanol–water partition coefficient (Wildman–Crippen LogP) is 1.39. The molecule has 0 bridgehead atoms. The van der Waals surface area contributed by atoms with Gasteiger partial charge < -0.3 is 16.2 Å². The van der Waals surface area contributed by atoms with E-state index < -0.39 is 0 Å². The Labute approximate surface area is 102 Å². The molecule has 17 heavy (non-hydrogen) atoms. The highest BCUT2D eigenvalue weighted by Crippen LogP contribution is 2.21. The van der Waals surface area contributed by atoms with Crippen molar-refractivity contribution in [3.05, 3.63) is 29.8 Å². The van der Waals surface area contributed by atoms with Gasteiger partial charge in [0.1, 0.15) is 5.75 Å². The van der Waals surface area contributed by atoms with Crippen LogP contribution in [0.1, 0.15) is 31.7 Å². The summed E-state index contributed by atoms with van der Waals surface area (Å²) in [5.41, 5.74) is 11.8.